The van der Waals surface area contributed by atoms with Crippen molar-refractivity contribution in [1.29, 1.82) is 0 Å². The molecule has 2 unspecified atom stereocenters. The minimum Gasteiger partial charge on any atom is -0.349 e. The highest BCUT2D eigenvalue weighted by atomic mass is 32.2. The quantitative estimate of drug-likeness (QED) is 0.779. The Bertz CT molecular complexity index is 742. The van der Waals surface area contributed by atoms with Crippen molar-refractivity contribution in [2.24, 2.45) is 17.6 Å². The number of hydrogen-bond donors (Lipinski definition) is 2. The Morgan fingerprint density at radius 2 is 2.12 bits per heavy atom. The molecule has 3 N–H and O–H groups in total. The second-order valence-corrected chi connectivity index (χ2v) is 10.9. The number of piperidine rings is 1. The Kier molecular flexibility index (Phi) is 5.26. The summed E-state index contributed by atoms with van der Waals surface area (Å²) in [7, 11) is -3.51. The number of hydrogen-bond acceptors (Lipinski definition) is 5. The molecule has 2 fully saturated rings. The van der Waals surface area contributed by atoms with Gasteiger partial charge in [0.2, 0.25) is 5.91 Å². The van der Waals surface area contributed by atoms with E-state index in [0.717, 1.165) is 17.7 Å². The van der Waals surface area contributed by atoms with E-state index in [1.807, 2.05) is 19.9 Å². The van der Waals surface area contributed by atoms with E-state index >= 15 is 0 Å². The van der Waals surface area contributed by atoms with Crippen LogP contribution >= 0.6 is 11.3 Å². The molecule has 2 aliphatic rings. The zero-order chi connectivity index (χ0) is 18.2. The molecule has 1 aliphatic heterocycles. The Labute approximate surface area is 153 Å². The first-order valence-electron chi connectivity index (χ1n) is 8.85. The van der Waals surface area contributed by atoms with Crippen LogP contribution in [-0.2, 0) is 14.8 Å². The first kappa shape index (κ1) is 18.8. The topological polar surface area (TPSA) is 92.5 Å². The largest absolute Gasteiger partial charge is 0.349 e. The molecule has 140 valence electrons. The van der Waals surface area contributed by atoms with Crippen molar-refractivity contribution in [1.82, 2.24) is 9.62 Å². The number of carbonyl (C=O) groups is 1. The van der Waals surface area contributed by atoms with Crippen LogP contribution in [0.15, 0.2) is 16.3 Å². The molecule has 1 aromatic heterocycles. The van der Waals surface area contributed by atoms with E-state index < -0.39 is 10.0 Å². The molecule has 25 heavy (non-hydrogen) atoms. The van der Waals surface area contributed by atoms with Gasteiger partial charge in [-0.1, -0.05) is 0 Å². The van der Waals surface area contributed by atoms with Gasteiger partial charge in [-0.2, -0.15) is 4.31 Å². The third kappa shape index (κ3) is 3.92. The van der Waals surface area contributed by atoms with Crippen molar-refractivity contribution in [3.05, 3.63) is 17.0 Å². The molecular formula is C17H27N3O3S2. The fraction of sp³-hybridized carbons (Fsp3) is 0.706. The van der Waals surface area contributed by atoms with Crippen LogP contribution in [0.1, 0.15) is 37.5 Å². The molecular weight excluding hydrogens is 358 g/mol. The predicted molar refractivity (Wildman–Crippen MR) is 98.9 cm³/mol. The van der Waals surface area contributed by atoms with Gasteiger partial charge in [-0.3, -0.25) is 4.79 Å². The second kappa shape index (κ2) is 6.98. The Morgan fingerprint density at radius 3 is 2.68 bits per heavy atom. The summed E-state index contributed by atoms with van der Waals surface area (Å²) in [5.74, 6) is 0.0651. The van der Waals surface area contributed by atoms with Crippen molar-refractivity contribution in [3.8, 4) is 0 Å². The number of nitrogens with two attached hydrogens (primary N) is 1. The number of carbonyl (C=O) groups excluding carboxylic acids is 1. The normalized spacial score (nSPS) is 24.7. The molecule has 0 radical (unpaired) electrons. The number of aryl methyl sites for hydroxylation is 1. The van der Waals surface area contributed by atoms with Gasteiger partial charge in [-0.25, -0.2) is 8.42 Å². The average molecular weight is 386 g/mol. The number of nitrogens with zero attached hydrogens (tertiary/aromatic N) is 1. The number of rotatable bonds is 6. The van der Waals surface area contributed by atoms with Gasteiger partial charge in [0.15, 0.2) is 0 Å². The molecule has 8 heteroatoms. The number of nitrogens with one attached hydrogen (secondary N) is 1. The summed E-state index contributed by atoms with van der Waals surface area (Å²) in [5.41, 5.74) is 5.51. The van der Waals surface area contributed by atoms with Gasteiger partial charge in [-0.05, 0) is 57.6 Å². The maximum Gasteiger partial charge on any atom is 0.252 e. The number of thiophene rings is 1. The summed E-state index contributed by atoms with van der Waals surface area (Å²) in [4.78, 5) is 13.7. The predicted octanol–water partition coefficient (Wildman–Crippen LogP) is 1.70. The van der Waals surface area contributed by atoms with E-state index in [-0.39, 0.29) is 23.9 Å². The average Bonchev–Trinajstić information content (AvgIpc) is 3.36. The summed E-state index contributed by atoms with van der Waals surface area (Å²) in [6, 6.07) is 3.46. The third-order valence-electron chi connectivity index (χ3n) is 5.38. The lowest BCUT2D eigenvalue weighted by molar-refractivity contribution is -0.128. The van der Waals surface area contributed by atoms with Crippen molar-refractivity contribution >= 4 is 27.3 Å². The lowest BCUT2D eigenvalue weighted by atomic mass is 9.92. The molecule has 1 saturated heterocycles. The summed E-state index contributed by atoms with van der Waals surface area (Å²) in [6.45, 7) is 5.01. The van der Waals surface area contributed by atoms with E-state index in [4.69, 9.17) is 5.73 Å². The van der Waals surface area contributed by atoms with E-state index in [9.17, 15) is 13.2 Å². The van der Waals surface area contributed by atoms with E-state index in [1.54, 1.807) is 6.07 Å². The van der Waals surface area contributed by atoms with Crippen LogP contribution in [0.5, 0.6) is 0 Å². The molecule has 0 spiro atoms. The first-order valence-corrected chi connectivity index (χ1v) is 11.1. The zero-order valence-corrected chi connectivity index (χ0v) is 16.5. The van der Waals surface area contributed by atoms with Gasteiger partial charge >= 0.3 is 0 Å². The molecule has 2 heterocycles. The summed E-state index contributed by atoms with van der Waals surface area (Å²) in [6.07, 6.45) is 3.60. The SMILES string of the molecule is Cc1ccc(S(=O)(=O)N2CCCC(C(=O)NC(C)(CN)C3CC3)C2)s1. The smallest absolute Gasteiger partial charge is 0.252 e. The Hall–Kier alpha value is -0.960. The van der Waals surface area contributed by atoms with Gasteiger partial charge in [0, 0.05) is 24.5 Å². The second-order valence-electron chi connectivity index (χ2n) is 7.45. The molecule has 1 amide bonds. The lowest BCUT2D eigenvalue weighted by Gasteiger charge is -2.35. The zero-order valence-electron chi connectivity index (χ0n) is 14.8. The van der Waals surface area contributed by atoms with Crippen molar-refractivity contribution in [3.63, 3.8) is 0 Å². The van der Waals surface area contributed by atoms with Gasteiger partial charge in [-0.15, -0.1) is 11.3 Å². The molecule has 6 nitrogen and oxygen atoms in total. The van der Waals surface area contributed by atoms with Crippen LogP contribution in [0, 0.1) is 18.8 Å². The standard InChI is InChI=1S/C17H27N3O3S2/c1-12-5-8-15(24-12)25(22,23)20-9-3-4-13(10-20)16(21)19-17(2,11-18)14-6-7-14/h5,8,13-14H,3-4,6-7,9-11,18H2,1-2H3,(H,19,21). The van der Waals surface area contributed by atoms with Crippen LogP contribution in [0.25, 0.3) is 0 Å². The summed E-state index contributed by atoms with van der Waals surface area (Å²) < 4.78 is 27.4. The fourth-order valence-corrected chi connectivity index (χ4v) is 6.44. The highest BCUT2D eigenvalue weighted by Crippen LogP contribution is 2.39. The molecule has 2 atom stereocenters. The highest BCUT2D eigenvalue weighted by Gasteiger charge is 2.43. The van der Waals surface area contributed by atoms with Crippen molar-refractivity contribution < 1.29 is 13.2 Å². The Morgan fingerprint density at radius 1 is 1.40 bits per heavy atom. The highest BCUT2D eigenvalue weighted by molar-refractivity contribution is 7.91. The molecule has 0 bridgehead atoms. The van der Waals surface area contributed by atoms with Gasteiger partial charge in [0.25, 0.3) is 10.0 Å². The van der Waals surface area contributed by atoms with Gasteiger partial charge < -0.3 is 11.1 Å². The Balaban J connectivity index is 1.69. The monoisotopic (exact) mass is 385 g/mol. The molecule has 1 aliphatic carbocycles. The van der Waals surface area contributed by atoms with Crippen molar-refractivity contribution in [2.75, 3.05) is 19.6 Å². The fourth-order valence-electron chi connectivity index (χ4n) is 3.48. The lowest BCUT2D eigenvalue weighted by Crippen LogP contribution is -2.56. The molecule has 1 aromatic rings. The number of sulfonamides is 1. The van der Waals surface area contributed by atoms with E-state index in [0.29, 0.717) is 36.1 Å². The maximum atomic E-state index is 12.8. The summed E-state index contributed by atoms with van der Waals surface area (Å²) >= 11 is 1.28. The minimum absolute atomic E-state index is 0.0675. The van der Waals surface area contributed by atoms with Crippen molar-refractivity contribution in [2.45, 2.75) is 49.3 Å². The molecule has 0 aromatic carbocycles. The van der Waals surface area contributed by atoms with Crippen LogP contribution in [0.3, 0.4) is 0 Å². The van der Waals surface area contributed by atoms with Crippen LogP contribution in [0.2, 0.25) is 0 Å². The summed E-state index contributed by atoms with van der Waals surface area (Å²) in [5, 5.41) is 3.11. The molecule has 1 saturated carbocycles. The third-order valence-corrected chi connectivity index (χ3v) is 8.71. The van der Waals surface area contributed by atoms with Crippen LogP contribution in [0.4, 0.5) is 0 Å². The molecule has 3 rings (SSSR count). The maximum absolute atomic E-state index is 12.8. The van der Waals surface area contributed by atoms with E-state index in [1.165, 1.54) is 15.6 Å². The van der Waals surface area contributed by atoms with Crippen LogP contribution in [-0.4, -0.2) is 43.8 Å². The van der Waals surface area contributed by atoms with Gasteiger partial charge in [0.05, 0.1) is 11.5 Å². The number of amides is 1. The van der Waals surface area contributed by atoms with Crippen LogP contribution < -0.4 is 11.1 Å². The first-order chi connectivity index (χ1) is 11.8. The van der Waals surface area contributed by atoms with Gasteiger partial charge in [0.1, 0.15) is 4.21 Å². The minimum atomic E-state index is -3.51. The van der Waals surface area contributed by atoms with E-state index in [2.05, 4.69) is 5.32 Å².